The largest absolute Gasteiger partial charge is 0.465 e. The summed E-state index contributed by atoms with van der Waals surface area (Å²) in [5.41, 5.74) is 8.36. The molecule has 0 bridgehead atoms. The fraction of sp³-hybridized carbons (Fsp3) is 0.185. The Morgan fingerprint density at radius 1 is 1.08 bits per heavy atom. The van der Waals surface area contributed by atoms with Gasteiger partial charge in [0, 0.05) is 6.42 Å². The normalized spacial score (nSPS) is 11.2. The highest BCUT2D eigenvalue weighted by Gasteiger charge is 2.25. The Morgan fingerprint density at radius 3 is 2.45 bits per heavy atom. The van der Waals surface area contributed by atoms with Crippen molar-refractivity contribution in [2.24, 2.45) is 0 Å². The minimum absolute atomic E-state index is 0.0295. The number of nitrogens with one attached hydrogen (secondary N) is 1. The highest BCUT2D eigenvalue weighted by molar-refractivity contribution is 7.91. The van der Waals surface area contributed by atoms with Crippen molar-refractivity contribution in [2.45, 2.75) is 29.7 Å². The molecule has 0 fully saturated rings. The van der Waals surface area contributed by atoms with Crippen LogP contribution in [0.3, 0.4) is 0 Å². The summed E-state index contributed by atoms with van der Waals surface area (Å²) in [6.45, 7) is 1.39. The summed E-state index contributed by atoms with van der Waals surface area (Å²) in [5.74, 6) is -0.566. The molecule has 0 aliphatic heterocycles. The van der Waals surface area contributed by atoms with Gasteiger partial charge in [-0.3, -0.25) is 9.59 Å². The smallest absolute Gasteiger partial charge is 0.325 e. The van der Waals surface area contributed by atoms with E-state index in [2.05, 4.69) is 16.4 Å². The molecule has 0 unspecified atom stereocenters. The van der Waals surface area contributed by atoms with E-state index in [4.69, 9.17) is 15.7 Å². The third-order valence-corrected chi connectivity index (χ3v) is 7.65. The van der Waals surface area contributed by atoms with Crippen molar-refractivity contribution in [1.29, 1.82) is 5.26 Å². The number of nitrogens with two attached hydrogens (primary N) is 1. The van der Waals surface area contributed by atoms with E-state index in [1.807, 2.05) is 0 Å². The summed E-state index contributed by atoms with van der Waals surface area (Å²) in [6, 6.07) is 19.9. The van der Waals surface area contributed by atoms with Crippen molar-refractivity contribution < 1.29 is 22.7 Å². The lowest BCUT2D eigenvalue weighted by Gasteiger charge is -2.11. The van der Waals surface area contributed by atoms with E-state index >= 15 is 0 Å². The van der Waals surface area contributed by atoms with E-state index < -0.39 is 21.7 Å². The van der Waals surface area contributed by atoms with Gasteiger partial charge in [0.25, 0.3) is 0 Å². The number of imidazole rings is 1. The second-order valence-corrected chi connectivity index (χ2v) is 10.3. The first-order valence-electron chi connectivity index (χ1n) is 11.7. The predicted octanol–water partition coefficient (Wildman–Crippen LogP) is 2.59. The van der Waals surface area contributed by atoms with E-state index in [1.54, 1.807) is 60.0 Å². The monoisotopic (exact) mass is 531 g/mol. The minimum atomic E-state index is -3.91. The Bertz CT molecular complexity index is 1640. The maximum atomic E-state index is 13.3. The molecule has 1 amide bonds. The number of amides is 1. The number of aromatic nitrogens is 2. The van der Waals surface area contributed by atoms with Gasteiger partial charge in [-0.05, 0) is 48.9 Å². The van der Waals surface area contributed by atoms with E-state index in [-0.39, 0.29) is 47.1 Å². The molecule has 0 aliphatic rings. The molecule has 4 aromatic rings. The topological polar surface area (TPSA) is 157 Å². The number of carbonyl (C=O) groups excluding carboxylic acids is 2. The first kappa shape index (κ1) is 26.4. The summed E-state index contributed by atoms with van der Waals surface area (Å²) in [7, 11) is -3.91. The maximum Gasteiger partial charge on any atom is 0.325 e. The molecule has 1 heterocycles. The fourth-order valence-electron chi connectivity index (χ4n) is 3.98. The van der Waals surface area contributed by atoms with Crippen LogP contribution in [-0.2, 0) is 37.1 Å². The van der Waals surface area contributed by atoms with Crippen molar-refractivity contribution in [3.63, 3.8) is 0 Å². The SMILES string of the molecule is CCOC(=O)CNC(=O)Cn1c(Cc2ccc(C#N)cc2)nc2c(N)c(S(=O)(=O)c3ccccc3)ccc21. The number of hydrogen-bond donors (Lipinski definition) is 2. The molecule has 3 N–H and O–H groups in total. The number of rotatable bonds is 9. The number of nitrogens with zero attached hydrogens (tertiary/aromatic N) is 3. The zero-order valence-corrected chi connectivity index (χ0v) is 21.4. The summed E-state index contributed by atoms with van der Waals surface area (Å²) in [6.07, 6.45) is 0.283. The number of fused-ring (bicyclic) bond motifs is 1. The van der Waals surface area contributed by atoms with Gasteiger partial charge in [-0.1, -0.05) is 30.3 Å². The highest BCUT2D eigenvalue weighted by Crippen LogP contribution is 2.32. The van der Waals surface area contributed by atoms with Gasteiger partial charge in [0.2, 0.25) is 15.7 Å². The molecule has 0 atom stereocenters. The molecule has 10 nitrogen and oxygen atoms in total. The fourth-order valence-corrected chi connectivity index (χ4v) is 5.38. The number of anilines is 1. The van der Waals surface area contributed by atoms with E-state index in [0.717, 1.165) is 5.56 Å². The third-order valence-electron chi connectivity index (χ3n) is 5.82. The second kappa shape index (κ2) is 11.1. The first-order chi connectivity index (χ1) is 18.2. The van der Waals surface area contributed by atoms with Crippen LogP contribution in [0, 0.1) is 11.3 Å². The van der Waals surface area contributed by atoms with Gasteiger partial charge in [-0.15, -0.1) is 0 Å². The van der Waals surface area contributed by atoms with Crippen LogP contribution >= 0.6 is 0 Å². The van der Waals surface area contributed by atoms with Crippen LogP contribution in [0.2, 0.25) is 0 Å². The van der Waals surface area contributed by atoms with E-state index in [0.29, 0.717) is 16.9 Å². The molecule has 1 aromatic heterocycles. The Balaban J connectivity index is 1.76. The Kier molecular flexibility index (Phi) is 7.74. The average molecular weight is 532 g/mol. The number of sulfone groups is 1. The lowest BCUT2D eigenvalue weighted by molar-refractivity contribution is -0.143. The van der Waals surface area contributed by atoms with Crippen LogP contribution in [0.15, 0.2) is 76.5 Å². The van der Waals surface area contributed by atoms with Crippen molar-refractivity contribution >= 4 is 38.4 Å². The van der Waals surface area contributed by atoms with Gasteiger partial charge in [0.1, 0.15) is 24.4 Å². The summed E-state index contributed by atoms with van der Waals surface area (Å²) >= 11 is 0. The molecule has 0 aliphatic carbocycles. The Labute approximate surface area is 219 Å². The molecule has 4 rings (SSSR count). The molecule has 0 spiro atoms. The number of ether oxygens (including phenoxy) is 1. The Hall–Kier alpha value is -4.69. The van der Waals surface area contributed by atoms with Gasteiger partial charge < -0.3 is 20.4 Å². The van der Waals surface area contributed by atoms with Gasteiger partial charge in [0.15, 0.2) is 0 Å². The van der Waals surface area contributed by atoms with Crippen LogP contribution in [0.5, 0.6) is 0 Å². The van der Waals surface area contributed by atoms with E-state index in [1.165, 1.54) is 18.2 Å². The lowest BCUT2D eigenvalue weighted by atomic mass is 10.1. The molecular formula is C27H25N5O5S. The van der Waals surface area contributed by atoms with Crippen LogP contribution in [0.1, 0.15) is 23.9 Å². The summed E-state index contributed by atoms with van der Waals surface area (Å²) < 4.78 is 33.0. The third kappa shape index (κ3) is 5.50. The molecule has 3 aromatic carbocycles. The summed E-state index contributed by atoms with van der Waals surface area (Å²) in [4.78, 5) is 29.0. The second-order valence-electron chi connectivity index (χ2n) is 8.34. The summed E-state index contributed by atoms with van der Waals surface area (Å²) in [5, 5.41) is 11.6. The van der Waals surface area contributed by atoms with Crippen molar-refractivity contribution in [3.8, 4) is 6.07 Å². The van der Waals surface area contributed by atoms with Gasteiger partial charge >= 0.3 is 5.97 Å². The maximum absolute atomic E-state index is 13.3. The van der Waals surface area contributed by atoms with E-state index in [9.17, 15) is 18.0 Å². The number of carbonyl (C=O) groups is 2. The lowest BCUT2D eigenvalue weighted by Crippen LogP contribution is -2.33. The molecule has 11 heteroatoms. The van der Waals surface area contributed by atoms with Gasteiger partial charge in [0.05, 0.1) is 39.2 Å². The number of hydrogen-bond acceptors (Lipinski definition) is 8. The highest BCUT2D eigenvalue weighted by atomic mass is 32.2. The predicted molar refractivity (Wildman–Crippen MR) is 140 cm³/mol. The minimum Gasteiger partial charge on any atom is -0.465 e. The van der Waals surface area contributed by atoms with Crippen LogP contribution in [0.4, 0.5) is 5.69 Å². The van der Waals surface area contributed by atoms with Crippen LogP contribution in [0.25, 0.3) is 11.0 Å². The van der Waals surface area contributed by atoms with Crippen molar-refractivity contribution in [1.82, 2.24) is 14.9 Å². The molecular weight excluding hydrogens is 506 g/mol. The zero-order chi connectivity index (χ0) is 27.3. The first-order valence-corrected chi connectivity index (χ1v) is 13.2. The average Bonchev–Trinajstić information content (AvgIpc) is 3.26. The number of nitrogen functional groups attached to an aromatic ring is 1. The quantitative estimate of drug-likeness (QED) is 0.246. The Morgan fingerprint density at radius 2 is 1.79 bits per heavy atom. The number of esters is 1. The molecule has 0 saturated carbocycles. The van der Waals surface area contributed by atoms with Crippen LogP contribution < -0.4 is 11.1 Å². The molecule has 194 valence electrons. The number of nitriles is 1. The molecule has 38 heavy (non-hydrogen) atoms. The van der Waals surface area contributed by atoms with Crippen molar-refractivity contribution in [3.05, 3.63) is 83.7 Å². The van der Waals surface area contributed by atoms with Crippen molar-refractivity contribution in [2.75, 3.05) is 18.9 Å². The molecule has 0 radical (unpaired) electrons. The zero-order valence-electron chi connectivity index (χ0n) is 20.5. The number of benzene rings is 3. The van der Waals surface area contributed by atoms with Gasteiger partial charge in [-0.25, -0.2) is 13.4 Å². The van der Waals surface area contributed by atoms with Crippen LogP contribution in [-0.4, -0.2) is 43.0 Å². The standard InChI is InChI=1S/C27H25N5O5S/c1-2-37-25(34)16-30-24(33)17-32-21-12-13-22(38(35,36)20-6-4-3-5-7-20)26(29)27(21)31-23(32)14-18-8-10-19(15-28)11-9-18/h3-13H,2,14,16-17,29H2,1H3,(H,30,33). The molecule has 0 saturated heterocycles. The van der Waals surface area contributed by atoms with Gasteiger partial charge in [-0.2, -0.15) is 5.26 Å².